The van der Waals surface area contributed by atoms with E-state index in [2.05, 4.69) is 0 Å². The number of carbonyl (C=O) groups is 1. The lowest BCUT2D eigenvalue weighted by Gasteiger charge is -2.39. The first-order chi connectivity index (χ1) is 10.9. The first-order valence-corrected chi connectivity index (χ1v) is 7.21. The third-order valence-corrected chi connectivity index (χ3v) is 3.48. The van der Waals surface area contributed by atoms with Gasteiger partial charge in [-0.2, -0.15) is 0 Å². The summed E-state index contributed by atoms with van der Waals surface area (Å²) in [6.07, 6.45) is -6.44. The molecule has 8 nitrogen and oxygen atoms in total. The molecule has 0 unspecified atom stereocenters. The van der Waals surface area contributed by atoms with Crippen LogP contribution in [0.5, 0.6) is 5.75 Å². The topological polar surface area (TPSA) is 126 Å². The van der Waals surface area contributed by atoms with E-state index in [1.54, 1.807) is 6.92 Å². The highest BCUT2D eigenvalue weighted by Crippen LogP contribution is 2.22. The first-order valence-electron chi connectivity index (χ1n) is 7.21. The Morgan fingerprint density at radius 1 is 1.13 bits per heavy atom. The molecule has 0 aromatic heterocycles. The Kier molecular flexibility index (Phi) is 5.91. The van der Waals surface area contributed by atoms with Gasteiger partial charge in [0.1, 0.15) is 36.8 Å². The number of phenolic OH excluding ortho intramolecular Hbond substituents is 1. The molecule has 0 spiro atoms. The summed E-state index contributed by atoms with van der Waals surface area (Å²) in [4.78, 5) is 11.9. The van der Waals surface area contributed by atoms with Gasteiger partial charge in [-0.25, -0.2) is 4.79 Å². The number of ether oxygens (including phenoxy) is 3. The molecule has 1 aliphatic rings. The van der Waals surface area contributed by atoms with Crippen LogP contribution < -0.4 is 0 Å². The highest BCUT2D eigenvalue weighted by Gasteiger charge is 2.44. The molecule has 1 fully saturated rings. The summed E-state index contributed by atoms with van der Waals surface area (Å²) in [5, 5.41) is 38.6. The average Bonchev–Trinajstić information content (AvgIpc) is 2.54. The molecule has 5 atom stereocenters. The molecule has 1 aromatic carbocycles. The van der Waals surface area contributed by atoms with Crippen LogP contribution in [0.15, 0.2) is 24.3 Å². The first kappa shape index (κ1) is 17.6. The third-order valence-electron chi connectivity index (χ3n) is 3.48. The van der Waals surface area contributed by atoms with E-state index >= 15 is 0 Å². The lowest BCUT2D eigenvalue weighted by molar-refractivity contribution is -0.299. The number of hydrogen-bond donors (Lipinski definition) is 4. The molecule has 8 heteroatoms. The van der Waals surface area contributed by atoms with Gasteiger partial charge in [-0.1, -0.05) is 0 Å². The van der Waals surface area contributed by atoms with E-state index in [1.807, 2.05) is 0 Å². The van der Waals surface area contributed by atoms with E-state index in [1.165, 1.54) is 24.3 Å². The van der Waals surface area contributed by atoms with Crippen LogP contribution in [-0.2, 0) is 14.2 Å². The molecule has 0 bridgehead atoms. The highest BCUT2D eigenvalue weighted by molar-refractivity contribution is 5.89. The van der Waals surface area contributed by atoms with E-state index in [4.69, 9.17) is 14.2 Å². The van der Waals surface area contributed by atoms with Crippen LogP contribution in [0.4, 0.5) is 0 Å². The van der Waals surface area contributed by atoms with E-state index in [9.17, 15) is 25.2 Å². The van der Waals surface area contributed by atoms with Crippen molar-refractivity contribution < 1.29 is 39.4 Å². The van der Waals surface area contributed by atoms with Gasteiger partial charge >= 0.3 is 5.97 Å². The van der Waals surface area contributed by atoms with Crippen molar-refractivity contribution in [1.29, 1.82) is 0 Å². The van der Waals surface area contributed by atoms with Crippen molar-refractivity contribution in [2.45, 2.75) is 37.6 Å². The van der Waals surface area contributed by atoms with Crippen LogP contribution in [0.25, 0.3) is 0 Å². The van der Waals surface area contributed by atoms with E-state index < -0.39 is 36.7 Å². The molecule has 0 radical (unpaired) electrons. The number of carbonyl (C=O) groups excluding carboxylic acids is 1. The fourth-order valence-electron chi connectivity index (χ4n) is 2.19. The minimum absolute atomic E-state index is 0.0178. The molecular weight excluding hydrogens is 308 g/mol. The van der Waals surface area contributed by atoms with Gasteiger partial charge in [0.2, 0.25) is 0 Å². The summed E-state index contributed by atoms with van der Waals surface area (Å²) < 4.78 is 15.5. The molecule has 1 heterocycles. The monoisotopic (exact) mass is 328 g/mol. The standard InChI is InChI=1S/C15H20O8/c1-2-21-15-13(19)12(18)11(17)10(23-15)7-22-14(20)8-3-5-9(16)6-4-8/h3-6,10-13,15-19H,2,7H2,1H3/t10-,11-,12+,13-,15-/m1/s1. The zero-order valence-electron chi connectivity index (χ0n) is 12.5. The number of hydrogen-bond acceptors (Lipinski definition) is 8. The zero-order chi connectivity index (χ0) is 17.0. The predicted molar refractivity (Wildman–Crippen MR) is 76.7 cm³/mol. The second-order valence-corrected chi connectivity index (χ2v) is 5.12. The number of phenols is 1. The number of benzene rings is 1. The number of aromatic hydroxyl groups is 1. The lowest BCUT2D eigenvalue weighted by Crippen LogP contribution is -2.59. The lowest BCUT2D eigenvalue weighted by atomic mass is 9.99. The van der Waals surface area contributed by atoms with Crippen molar-refractivity contribution in [2.24, 2.45) is 0 Å². The van der Waals surface area contributed by atoms with Gasteiger partial charge in [0, 0.05) is 6.61 Å². The molecule has 1 saturated heterocycles. The molecule has 0 aliphatic carbocycles. The minimum atomic E-state index is -1.47. The van der Waals surface area contributed by atoms with Crippen molar-refractivity contribution in [1.82, 2.24) is 0 Å². The van der Waals surface area contributed by atoms with E-state index in [-0.39, 0.29) is 24.5 Å². The van der Waals surface area contributed by atoms with E-state index in [0.717, 1.165) is 0 Å². The van der Waals surface area contributed by atoms with Gasteiger partial charge in [0.15, 0.2) is 6.29 Å². The van der Waals surface area contributed by atoms with Gasteiger partial charge in [-0.05, 0) is 31.2 Å². The quantitative estimate of drug-likeness (QED) is 0.528. The van der Waals surface area contributed by atoms with Crippen molar-refractivity contribution in [3.05, 3.63) is 29.8 Å². The minimum Gasteiger partial charge on any atom is -0.508 e. The van der Waals surface area contributed by atoms with Gasteiger partial charge in [0.25, 0.3) is 0 Å². The number of aliphatic hydroxyl groups excluding tert-OH is 3. The number of esters is 1. The molecule has 2 rings (SSSR count). The molecule has 0 saturated carbocycles. The van der Waals surface area contributed by atoms with Crippen LogP contribution in [-0.4, -0.2) is 70.3 Å². The second-order valence-electron chi connectivity index (χ2n) is 5.12. The van der Waals surface area contributed by atoms with Crippen molar-refractivity contribution in [2.75, 3.05) is 13.2 Å². The van der Waals surface area contributed by atoms with Crippen LogP contribution in [0.2, 0.25) is 0 Å². The molecule has 4 N–H and O–H groups in total. The van der Waals surface area contributed by atoms with Crippen molar-refractivity contribution in [3.8, 4) is 5.75 Å². The summed E-state index contributed by atoms with van der Waals surface area (Å²) in [6, 6.07) is 5.45. The zero-order valence-corrected chi connectivity index (χ0v) is 12.5. The average molecular weight is 328 g/mol. The molecule has 1 aliphatic heterocycles. The van der Waals surface area contributed by atoms with E-state index in [0.29, 0.717) is 0 Å². The maximum atomic E-state index is 11.9. The summed E-state index contributed by atoms with van der Waals surface area (Å²) in [5.41, 5.74) is 0.218. The summed E-state index contributed by atoms with van der Waals surface area (Å²) in [7, 11) is 0. The number of rotatable bonds is 5. The van der Waals surface area contributed by atoms with Crippen molar-refractivity contribution >= 4 is 5.97 Å². The Morgan fingerprint density at radius 2 is 1.78 bits per heavy atom. The maximum absolute atomic E-state index is 11.9. The third kappa shape index (κ3) is 4.18. The smallest absolute Gasteiger partial charge is 0.338 e. The highest BCUT2D eigenvalue weighted by atomic mass is 16.7. The molecular formula is C15H20O8. The predicted octanol–water partition coefficient (Wildman–Crippen LogP) is -0.607. The Bertz CT molecular complexity index is 517. The molecule has 0 amide bonds. The largest absolute Gasteiger partial charge is 0.508 e. The summed E-state index contributed by atoms with van der Waals surface area (Å²) in [6.45, 7) is 1.60. The van der Waals surface area contributed by atoms with Gasteiger partial charge in [-0.15, -0.1) is 0 Å². The van der Waals surface area contributed by atoms with Crippen LogP contribution in [0.1, 0.15) is 17.3 Å². The van der Waals surface area contributed by atoms with Crippen molar-refractivity contribution in [3.63, 3.8) is 0 Å². The van der Waals surface area contributed by atoms with Gasteiger partial charge in [-0.3, -0.25) is 0 Å². The Balaban J connectivity index is 1.95. The van der Waals surface area contributed by atoms with Crippen LogP contribution >= 0.6 is 0 Å². The molecule has 1 aromatic rings. The molecule has 128 valence electrons. The summed E-state index contributed by atoms with van der Waals surface area (Å²) >= 11 is 0. The Labute approximate surface area is 132 Å². The fraction of sp³-hybridized carbons (Fsp3) is 0.533. The second kappa shape index (κ2) is 7.71. The van der Waals surface area contributed by atoms with Crippen LogP contribution in [0, 0.1) is 0 Å². The summed E-state index contributed by atoms with van der Waals surface area (Å²) in [5.74, 6) is -0.654. The van der Waals surface area contributed by atoms with Gasteiger partial charge in [0.05, 0.1) is 5.56 Å². The number of aliphatic hydroxyl groups is 3. The van der Waals surface area contributed by atoms with Crippen LogP contribution in [0.3, 0.4) is 0 Å². The Hall–Kier alpha value is -1.71. The molecule has 23 heavy (non-hydrogen) atoms. The van der Waals surface area contributed by atoms with Gasteiger partial charge < -0.3 is 34.6 Å². The fourth-order valence-corrected chi connectivity index (χ4v) is 2.19. The Morgan fingerprint density at radius 3 is 2.39 bits per heavy atom. The maximum Gasteiger partial charge on any atom is 0.338 e. The normalized spacial score (nSPS) is 30.9. The SMILES string of the molecule is CCO[C@@H]1O[C@H](COC(=O)c2ccc(O)cc2)[C@@H](O)[C@H](O)[C@H]1O.